The van der Waals surface area contributed by atoms with Crippen LogP contribution in [0.5, 0.6) is 0 Å². The summed E-state index contributed by atoms with van der Waals surface area (Å²) in [7, 11) is 0. The second kappa shape index (κ2) is 4.49. The fourth-order valence-electron chi connectivity index (χ4n) is 2.22. The van der Waals surface area contributed by atoms with E-state index in [0.29, 0.717) is 13.0 Å². The largest absolute Gasteiger partial charge is 0.481 e. The van der Waals surface area contributed by atoms with Gasteiger partial charge in [-0.25, -0.2) is 0 Å². The van der Waals surface area contributed by atoms with E-state index in [2.05, 4.69) is 6.07 Å². The van der Waals surface area contributed by atoms with Gasteiger partial charge >= 0.3 is 5.97 Å². The highest BCUT2D eigenvalue weighted by Crippen LogP contribution is 2.28. The number of carboxylic acid groups (broad SMARTS) is 1. The first kappa shape index (κ1) is 12.1. The smallest absolute Gasteiger partial charge is 0.309 e. The second-order valence-electron chi connectivity index (χ2n) is 5.22. The van der Waals surface area contributed by atoms with Crippen LogP contribution in [-0.2, 0) is 29.0 Å². The Morgan fingerprint density at radius 1 is 1.47 bits per heavy atom. The van der Waals surface area contributed by atoms with Gasteiger partial charge in [0.15, 0.2) is 0 Å². The Balaban J connectivity index is 2.30. The predicted octanol–water partition coefficient (Wildman–Crippen LogP) is 2.41. The number of aliphatic carboxylic acids is 1. The maximum Gasteiger partial charge on any atom is 0.309 e. The van der Waals surface area contributed by atoms with E-state index in [0.717, 1.165) is 18.6 Å². The number of rotatable bonds is 3. The van der Waals surface area contributed by atoms with Crippen molar-refractivity contribution in [2.24, 2.45) is 5.41 Å². The number of benzene rings is 1. The maximum atomic E-state index is 11.2. The van der Waals surface area contributed by atoms with Crippen molar-refractivity contribution in [1.82, 2.24) is 0 Å². The Morgan fingerprint density at radius 3 is 2.94 bits per heavy atom. The SMILES string of the molecule is CC(C)(Cc1cccc2c1CCOC2)C(=O)O. The molecule has 1 heterocycles. The topological polar surface area (TPSA) is 46.5 Å². The summed E-state index contributed by atoms with van der Waals surface area (Å²) >= 11 is 0. The molecule has 1 N–H and O–H groups in total. The normalized spacial score (nSPS) is 15.4. The number of carboxylic acids is 1. The van der Waals surface area contributed by atoms with Crippen molar-refractivity contribution < 1.29 is 14.6 Å². The second-order valence-corrected chi connectivity index (χ2v) is 5.22. The first-order chi connectivity index (χ1) is 8.00. The summed E-state index contributed by atoms with van der Waals surface area (Å²) in [6.45, 7) is 4.93. The van der Waals surface area contributed by atoms with Gasteiger partial charge in [0.25, 0.3) is 0 Å². The third-order valence-corrected chi connectivity index (χ3v) is 3.34. The summed E-state index contributed by atoms with van der Waals surface area (Å²) in [4.78, 5) is 11.2. The number of hydrogen-bond donors (Lipinski definition) is 1. The summed E-state index contributed by atoms with van der Waals surface area (Å²) in [6, 6.07) is 6.08. The molecule has 17 heavy (non-hydrogen) atoms. The van der Waals surface area contributed by atoms with Crippen molar-refractivity contribution in [1.29, 1.82) is 0 Å². The highest BCUT2D eigenvalue weighted by atomic mass is 16.5. The van der Waals surface area contributed by atoms with Crippen LogP contribution in [0, 0.1) is 5.41 Å². The zero-order chi connectivity index (χ0) is 12.5. The van der Waals surface area contributed by atoms with Crippen LogP contribution in [0.1, 0.15) is 30.5 Å². The Kier molecular flexibility index (Phi) is 3.20. The lowest BCUT2D eigenvalue weighted by atomic mass is 9.82. The van der Waals surface area contributed by atoms with Gasteiger partial charge in [-0.15, -0.1) is 0 Å². The van der Waals surface area contributed by atoms with Crippen LogP contribution in [-0.4, -0.2) is 17.7 Å². The molecule has 3 nitrogen and oxygen atoms in total. The fourth-order valence-corrected chi connectivity index (χ4v) is 2.22. The lowest BCUT2D eigenvalue weighted by molar-refractivity contribution is -0.146. The molecule has 0 radical (unpaired) electrons. The number of fused-ring (bicyclic) bond motifs is 1. The zero-order valence-electron chi connectivity index (χ0n) is 10.3. The molecule has 3 heteroatoms. The van der Waals surface area contributed by atoms with E-state index < -0.39 is 11.4 Å². The highest BCUT2D eigenvalue weighted by molar-refractivity contribution is 5.74. The lowest BCUT2D eigenvalue weighted by Gasteiger charge is -2.24. The molecule has 0 saturated carbocycles. The first-order valence-electron chi connectivity index (χ1n) is 5.91. The predicted molar refractivity (Wildman–Crippen MR) is 64.9 cm³/mol. The molecule has 1 aliphatic heterocycles. The molecular weight excluding hydrogens is 216 g/mol. The van der Waals surface area contributed by atoms with Crippen molar-refractivity contribution in [3.63, 3.8) is 0 Å². The average Bonchev–Trinajstić information content (AvgIpc) is 2.29. The van der Waals surface area contributed by atoms with Gasteiger partial charge in [-0.05, 0) is 43.4 Å². The fraction of sp³-hybridized carbons (Fsp3) is 0.500. The van der Waals surface area contributed by atoms with Gasteiger partial charge < -0.3 is 9.84 Å². The Morgan fingerprint density at radius 2 is 2.24 bits per heavy atom. The quantitative estimate of drug-likeness (QED) is 0.873. The molecule has 0 amide bonds. The van der Waals surface area contributed by atoms with E-state index in [1.165, 1.54) is 11.1 Å². The molecule has 92 valence electrons. The van der Waals surface area contributed by atoms with Crippen LogP contribution in [0.2, 0.25) is 0 Å². The van der Waals surface area contributed by atoms with E-state index in [-0.39, 0.29) is 0 Å². The minimum atomic E-state index is -0.748. The van der Waals surface area contributed by atoms with Gasteiger partial charge in [-0.1, -0.05) is 18.2 Å². The Labute approximate surface area is 101 Å². The van der Waals surface area contributed by atoms with Gasteiger partial charge in [0, 0.05) is 0 Å². The Hall–Kier alpha value is -1.35. The van der Waals surface area contributed by atoms with Gasteiger partial charge in [0.05, 0.1) is 18.6 Å². The van der Waals surface area contributed by atoms with Crippen molar-refractivity contribution >= 4 is 5.97 Å². The van der Waals surface area contributed by atoms with Gasteiger partial charge in [-0.2, -0.15) is 0 Å². The van der Waals surface area contributed by atoms with E-state index in [1.807, 2.05) is 12.1 Å². The van der Waals surface area contributed by atoms with E-state index >= 15 is 0 Å². The van der Waals surface area contributed by atoms with Gasteiger partial charge in [-0.3, -0.25) is 4.79 Å². The monoisotopic (exact) mass is 234 g/mol. The standard InChI is InChI=1S/C14H18O3/c1-14(2,13(15)16)8-10-4-3-5-11-9-17-7-6-12(10)11/h3-5H,6-9H2,1-2H3,(H,15,16). The molecule has 0 bridgehead atoms. The molecular formula is C14H18O3. The molecule has 1 aliphatic rings. The summed E-state index contributed by atoms with van der Waals surface area (Å²) < 4.78 is 5.41. The zero-order valence-corrected chi connectivity index (χ0v) is 10.3. The number of carbonyl (C=O) groups is 1. The van der Waals surface area contributed by atoms with Crippen molar-refractivity contribution in [2.75, 3.05) is 6.61 Å². The first-order valence-corrected chi connectivity index (χ1v) is 5.91. The number of ether oxygens (including phenoxy) is 1. The van der Waals surface area contributed by atoms with Crippen LogP contribution in [0.25, 0.3) is 0 Å². The molecule has 2 rings (SSSR count). The average molecular weight is 234 g/mol. The molecule has 0 saturated heterocycles. The van der Waals surface area contributed by atoms with Crippen molar-refractivity contribution in [2.45, 2.75) is 33.3 Å². The minimum Gasteiger partial charge on any atom is -0.481 e. The van der Waals surface area contributed by atoms with Crippen LogP contribution in [0.3, 0.4) is 0 Å². The van der Waals surface area contributed by atoms with E-state index in [1.54, 1.807) is 13.8 Å². The minimum absolute atomic E-state index is 0.575. The highest BCUT2D eigenvalue weighted by Gasteiger charge is 2.29. The van der Waals surface area contributed by atoms with Crippen LogP contribution < -0.4 is 0 Å². The molecule has 1 aromatic rings. The summed E-state index contributed by atoms with van der Waals surface area (Å²) in [5.74, 6) is -0.748. The number of hydrogen-bond acceptors (Lipinski definition) is 2. The van der Waals surface area contributed by atoms with E-state index in [4.69, 9.17) is 4.74 Å². The molecule has 0 spiro atoms. The molecule has 0 aliphatic carbocycles. The van der Waals surface area contributed by atoms with Gasteiger partial charge in [0.2, 0.25) is 0 Å². The van der Waals surface area contributed by atoms with Gasteiger partial charge in [0.1, 0.15) is 0 Å². The third-order valence-electron chi connectivity index (χ3n) is 3.34. The maximum absolute atomic E-state index is 11.2. The van der Waals surface area contributed by atoms with Crippen LogP contribution >= 0.6 is 0 Å². The lowest BCUT2D eigenvalue weighted by Crippen LogP contribution is -2.27. The molecule has 0 unspecified atom stereocenters. The van der Waals surface area contributed by atoms with E-state index in [9.17, 15) is 9.90 Å². The summed E-state index contributed by atoms with van der Waals surface area (Å²) in [6.07, 6.45) is 1.46. The molecule has 1 aromatic carbocycles. The summed E-state index contributed by atoms with van der Waals surface area (Å²) in [5, 5.41) is 9.18. The summed E-state index contributed by atoms with van der Waals surface area (Å²) in [5.41, 5.74) is 2.93. The van der Waals surface area contributed by atoms with Crippen LogP contribution in [0.15, 0.2) is 18.2 Å². The van der Waals surface area contributed by atoms with Crippen LogP contribution in [0.4, 0.5) is 0 Å². The van der Waals surface area contributed by atoms with Crippen molar-refractivity contribution in [3.8, 4) is 0 Å². The Bertz CT molecular complexity index is 435. The molecule has 0 aromatic heterocycles. The molecule has 0 atom stereocenters. The molecule has 0 fully saturated rings. The van der Waals surface area contributed by atoms with Crippen molar-refractivity contribution in [3.05, 3.63) is 34.9 Å². The third kappa shape index (κ3) is 2.50.